The van der Waals surface area contributed by atoms with E-state index in [1.54, 1.807) is 10.4 Å². The number of hydrogen-bond donors (Lipinski definition) is 2. The standard InChI is InChI=1S/C15H22BrNO4S/c1-10(18)21-8-7-13-12-9-11(16)5-6-14(12)22(19,20)17(13)15(2,3)4/h5-6,9,13,19-20H,7-8H2,1-4H3. The molecule has 5 nitrogen and oxygen atoms in total. The third kappa shape index (κ3) is 3.33. The highest BCUT2D eigenvalue weighted by Gasteiger charge is 2.47. The number of ether oxygens (including phenoxy) is 1. The monoisotopic (exact) mass is 391 g/mol. The molecule has 0 bridgehead atoms. The number of halogens is 1. The fraction of sp³-hybridized carbons (Fsp3) is 0.533. The highest BCUT2D eigenvalue weighted by molar-refractivity contribution is 9.10. The Hall–Kier alpha value is -0.600. The average molecular weight is 392 g/mol. The van der Waals surface area contributed by atoms with Crippen LogP contribution in [0, 0.1) is 0 Å². The van der Waals surface area contributed by atoms with E-state index in [0.29, 0.717) is 11.3 Å². The van der Waals surface area contributed by atoms with Gasteiger partial charge in [0.25, 0.3) is 0 Å². The molecule has 0 aromatic heterocycles. The van der Waals surface area contributed by atoms with Crippen LogP contribution >= 0.6 is 26.7 Å². The molecule has 22 heavy (non-hydrogen) atoms. The predicted molar refractivity (Wildman–Crippen MR) is 90.8 cm³/mol. The number of nitrogens with zero attached hydrogens (tertiary/aromatic N) is 1. The van der Waals surface area contributed by atoms with Crippen LogP contribution in [0.1, 0.15) is 45.7 Å². The van der Waals surface area contributed by atoms with Gasteiger partial charge in [0, 0.05) is 23.4 Å². The Morgan fingerprint density at radius 2 is 2.05 bits per heavy atom. The van der Waals surface area contributed by atoms with Crippen LogP contribution in [0.5, 0.6) is 0 Å². The maximum absolute atomic E-state index is 11.0. The van der Waals surface area contributed by atoms with E-state index in [1.165, 1.54) is 6.92 Å². The van der Waals surface area contributed by atoms with Crippen molar-refractivity contribution >= 4 is 32.7 Å². The fourth-order valence-electron chi connectivity index (χ4n) is 2.88. The lowest BCUT2D eigenvalue weighted by atomic mass is 9.99. The van der Waals surface area contributed by atoms with Gasteiger partial charge in [-0.3, -0.25) is 13.9 Å². The molecule has 1 atom stereocenters. The second-order valence-corrected chi connectivity index (χ2v) is 9.13. The van der Waals surface area contributed by atoms with Crippen molar-refractivity contribution in [2.75, 3.05) is 6.61 Å². The van der Waals surface area contributed by atoms with Gasteiger partial charge < -0.3 is 4.74 Å². The third-order valence-corrected chi connectivity index (χ3v) is 6.35. The lowest BCUT2D eigenvalue weighted by Crippen LogP contribution is -2.42. The summed E-state index contributed by atoms with van der Waals surface area (Å²) >= 11 is 3.43. The Bertz CT molecular complexity index is 585. The van der Waals surface area contributed by atoms with Crippen molar-refractivity contribution in [3.05, 3.63) is 28.2 Å². The molecule has 1 aromatic rings. The summed E-state index contributed by atoms with van der Waals surface area (Å²) in [5, 5.41) is 0. The first kappa shape index (κ1) is 17.7. The minimum Gasteiger partial charge on any atom is -0.466 e. The maximum atomic E-state index is 11.0. The highest BCUT2D eigenvalue weighted by atomic mass is 79.9. The summed E-state index contributed by atoms with van der Waals surface area (Å²) in [6.07, 6.45) is 0.510. The summed E-state index contributed by atoms with van der Waals surface area (Å²) in [5.41, 5.74) is 0.432. The van der Waals surface area contributed by atoms with Gasteiger partial charge in [-0.1, -0.05) is 15.9 Å². The number of benzene rings is 1. The van der Waals surface area contributed by atoms with Gasteiger partial charge in [-0.05, 0) is 44.5 Å². The minimum atomic E-state index is -3.05. The van der Waals surface area contributed by atoms with Crippen molar-refractivity contribution in [1.82, 2.24) is 4.31 Å². The summed E-state index contributed by atoms with van der Waals surface area (Å²) in [5.74, 6) is -0.332. The Morgan fingerprint density at radius 3 is 2.59 bits per heavy atom. The molecule has 0 spiro atoms. The summed E-state index contributed by atoms with van der Waals surface area (Å²) in [7, 11) is -3.05. The summed E-state index contributed by atoms with van der Waals surface area (Å²) < 4.78 is 29.2. The lowest BCUT2D eigenvalue weighted by Gasteiger charge is -2.47. The first-order valence-electron chi connectivity index (χ1n) is 7.05. The van der Waals surface area contributed by atoms with Crippen molar-refractivity contribution < 1.29 is 18.6 Å². The van der Waals surface area contributed by atoms with E-state index in [-0.39, 0.29) is 18.6 Å². The molecular formula is C15H22BrNO4S. The highest BCUT2D eigenvalue weighted by Crippen LogP contribution is 2.66. The fourth-order valence-corrected chi connectivity index (χ4v) is 5.57. The first-order valence-corrected chi connectivity index (χ1v) is 9.35. The van der Waals surface area contributed by atoms with Gasteiger partial charge >= 0.3 is 5.97 Å². The molecule has 1 aliphatic rings. The second-order valence-electron chi connectivity index (χ2n) is 6.34. The zero-order valence-electron chi connectivity index (χ0n) is 13.2. The molecule has 1 heterocycles. The van der Waals surface area contributed by atoms with E-state index in [4.69, 9.17) is 4.74 Å². The van der Waals surface area contributed by atoms with Crippen molar-refractivity contribution in [1.29, 1.82) is 0 Å². The largest absolute Gasteiger partial charge is 0.466 e. The lowest BCUT2D eigenvalue weighted by molar-refractivity contribution is -0.141. The molecule has 0 saturated carbocycles. The van der Waals surface area contributed by atoms with Crippen molar-refractivity contribution in [2.24, 2.45) is 0 Å². The predicted octanol–water partition coefficient (Wildman–Crippen LogP) is 4.58. The molecule has 0 radical (unpaired) electrons. The van der Waals surface area contributed by atoms with E-state index in [0.717, 1.165) is 10.0 Å². The normalized spacial score (nSPS) is 22.2. The van der Waals surface area contributed by atoms with Gasteiger partial charge in [-0.25, -0.2) is 0 Å². The zero-order chi connectivity index (χ0) is 16.7. The summed E-state index contributed by atoms with van der Waals surface area (Å²) in [6, 6.07) is 5.26. The van der Waals surface area contributed by atoms with Crippen molar-refractivity contribution in [2.45, 2.75) is 50.6 Å². The molecule has 0 fully saturated rings. The minimum absolute atomic E-state index is 0.211. The Morgan fingerprint density at radius 1 is 1.41 bits per heavy atom. The zero-order valence-corrected chi connectivity index (χ0v) is 15.6. The van der Waals surface area contributed by atoms with Gasteiger partial charge in [0.15, 0.2) is 0 Å². The van der Waals surface area contributed by atoms with Gasteiger partial charge in [0.2, 0.25) is 0 Å². The maximum Gasteiger partial charge on any atom is 0.302 e. The topological polar surface area (TPSA) is 70.0 Å². The van der Waals surface area contributed by atoms with Gasteiger partial charge in [0.05, 0.1) is 17.5 Å². The number of fused-ring (bicyclic) bond motifs is 1. The molecule has 7 heteroatoms. The van der Waals surface area contributed by atoms with Crippen LogP contribution in [0.15, 0.2) is 27.6 Å². The summed E-state index contributed by atoms with van der Waals surface area (Å²) in [6.45, 7) is 7.45. The molecule has 124 valence electrons. The van der Waals surface area contributed by atoms with Gasteiger partial charge in [-0.15, -0.1) is 10.8 Å². The van der Waals surface area contributed by atoms with Crippen LogP contribution in [0.2, 0.25) is 0 Å². The molecule has 1 aliphatic heterocycles. The molecular weight excluding hydrogens is 370 g/mol. The number of hydrogen-bond acceptors (Lipinski definition) is 5. The van der Waals surface area contributed by atoms with E-state index >= 15 is 0 Å². The quantitative estimate of drug-likeness (QED) is 0.737. The Balaban J connectivity index is 2.42. The molecule has 2 rings (SSSR count). The number of carbonyl (C=O) groups is 1. The second kappa shape index (κ2) is 6.13. The molecule has 0 amide bonds. The van der Waals surface area contributed by atoms with Crippen LogP contribution in [-0.2, 0) is 9.53 Å². The van der Waals surface area contributed by atoms with Crippen LogP contribution in [0.4, 0.5) is 0 Å². The Labute approximate surface area is 141 Å². The SMILES string of the molecule is CC(=O)OCCC1c2cc(Br)ccc2S(O)(O)N1C(C)(C)C. The van der Waals surface area contributed by atoms with Crippen LogP contribution < -0.4 is 0 Å². The smallest absolute Gasteiger partial charge is 0.302 e. The van der Waals surface area contributed by atoms with Crippen molar-refractivity contribution in [3.63, 3.8) is 0 Å². The third-order valence-electron chi connectivity index (χ3n) is 3.54. The van der Waals surface area contributed by atoms with Crippen LogP contribution in [-0.4, -0.2) is 31.5 Å². The molecule has 0 saturated heterocycles. The van der Waals surface area contributed by atoms with Gasteiger partial charge in [-0.2, -0.15) is 4.31 Å². The Kier molecular flexibility index (Phi) is 4.94. The number of esters is 1. The molecule has 1 aromatic carbocycles. The molecule has 2 N–H and O–H groups in total. The average Bonchev–Trinajstić information content (AvgIpc) is 2.56. The summed E-state index contributed by atoms with van der Waals surface area (Å²) in [4.78, 5) is 11.5. The van der Waals surface area contributed by atoms with E-state index in [9.17, 15) is 13.9 Å². The van der Waals surface area contributed by atoms with Gasteiger partial charge in [0.1, 0.15) is 0 Å². The van der Waals surface area contributed by atoms with Crippen LogP contribution in [0.25, 0.3) is 0 Å². The van der Waals surface area contributed by atoms with Crippen LogP contribution in [0.3, 0.4) is 0 Å². The number of carbonyl (C=O) groups excluding carboxylic acids is 1. The van der Waals surface area contributed by atoms with Crippen molar-refractivity contribution in [3.8, 4) is 0 Å². The molecule has 0 aliphatic carbocycles. The first-order chi connectivity index (χ1) is 10.0. The van der Waals surface area contributed by atoms with E-state index in [2.05, 4.69) is 15.9 Å². The van der Waals surface area contributed by atoms with E-state index < -0.39 is 16.3 Å². The van der Waals surface area contributed by atoms with E-state index in [1.807, 2.05) is 32.9 Å². The number of rotatable bonds is 3. The molecule has 1 unspecified atom stereocenters.